The summed E-state index contributed by atoms with van der Waals surface area (Å²) in [5.74, 6) is 0.992. The lowest BCUT2D eigenvalue weighted by atomic mass is 10.3. The van der Waals surface area contributed by atoms with Crippen molar-refractivity contribution in [3.63, 3.8) is 0 Å². The van der Waals surface area contributed by atoms with Crippen molar-refractivity contribution >= 4 is 15.9 Å². The minimum absolute atomic E-state index is 0.00737. The number of benzene rings is 1. The topological polar surface area (TPSA) is 29.5 Å². The van der Waals surface area contributed by atoms with Crippen LogP contribution >= 0.6 is 15.9 Å². The van der Waals surface area contributed by atoms with Crippen molar-refractivity contribution in [2.75, 3.05) is 0 Å². The number of hydrogen-bond acceptors (Lipinski definition) is 2. The monoisotopic (exact) mass is 216 g/mol. The highest BCUT2D eigenvalue weighted by molar-refractivity contribution is 9.09. The van der Waals surface area contributed by atoms with Gasteiger partial charge in [0.25, 0.3) is 0 Å². The summed E-state index contributed by atoms with van der Waals surface area (Å²) in [5.41, 5.74) is 0. The van der Waals surface area contributed by atoms with E-state index in [4.69, 9.17) is 9.84 Å². The second kappa shape index (κ2) is 3.62. The smallest absolute Gasteiger partial charge is 0.150 e. The average Bonchev–Trinajstić information content (AvgIpc) is 1.93. The van der Waals surface area contributed by atoms with Gasteiger partial charge in [-0.2, -0.15) is 0 Å². The van der Waals surface area contributed by atoms with Crippen molar-refractivity contribution in [2.24, 2.45) is 0 Å². The van der Waals surface area contributed by atoms with Gasteiger partial charge < -0.3 is 9.84 Å². The molecular formula is C8H9BrO2. The molecule has 1 unspecified atom stereocenters. The molecule has 60 valence electrons. The summed E-state index contributed by atoms with van der Waals surface area (Å²) < 4.78 is 5.27. The van der Waals surface area contributed by atoms with Gasteiger partial charge in [0, 0.05) is 0 Å². The molecule has 0 spiro atoms. The Hall–Kier alpha value is -0.700. The lowest BCUT2D eigenvalue weighted by molar-refractivity contribution is 0.313. The molecule has 0 heterocycles. The van der Waals surface area contributed by atoms with Gasteiger partial charge >= 0.3 is 0 Å². The zero-order chi connectivity index (χ0) is 8.27. The van der Waals surface area contributed by atoms with Crippen molar-refractivity contribution in [3.05, 3.63) is 24.3 Å². The Morgan fingerprint density at radius 1 is 1.36 bits per heavy atom. The Bertz CT molecular complexity index is 218. The predicted molar refractivity (Wildman–Crippen MR) is 47.1 cm³/mol. The van der Waals surface area contributed by atoms with Crippen LogP contribution in [0, 0.1) is 0 Å². The van der Waals surface area contributed by atoms with Crippen LogP contribution in [0.4, 0.5) is 0 Å². The fourth-order valence-electron chi connectivity index (χ4n) is 0.712. The van der Waals surface area contributed by atoms with E-state index in [2.05, 4.69) is 15.9 Å². The number of rotatable bonds is 2. The highest BCUT2D eigenvalue weighted by atomic mass is 79.9. The van der Waals surface area contributed by atoms with E-state index in [-0.39, 0.29) is 10.8 Å². The SMILES string of the molecule is CC(Br)Oc1ccc(O)cc1. The van der Waals surface area contributed by atoms with Gasteiger partial charge in [0.1, 0.15) is 11.5 Å². The van der Waals surface area contributed by atoms with Crippen LogP contribution in [0.1, 0.15) is 6.92 Å². The quantitative estimate of drug-likeness (QED) is 0.771. The summed E-state index contributed by atoms with van der Waals surface area (Å²) in [6.45, 7) is 1.88. The molecule has 2 nitrogen and oxygen atoms in total. The molecule has 0 saturated carbocycles. The number of halogens is 1. The second-order valence-corrected chi connectivity index (χ2v) is 3.44. The van der Waals surface area contributed by atoms with Crippen molar-refractivity contribution in [1.29, 1.82) is 0 Å². The predicted octanol–water partition coefficient (Wildman–Crippen LogP) is 2.51. The minimum Gasteiger partial charge on any atom is -0.508 e. The third kappa shape index (κ3) is 2.80. The van der Waals surface area contributed by atoms with Crippen molar-refractivity contribution in [1.82, 2.24) is 0 Å². The molecule has 3 heteroatoms. The zero-order valence-electron chi connectivity index (χ0n) is 6.12. The van der Waals surface area contributed by atoms with Gasteiger partial charge in [-0.25, -0.2) is 0 Å². The van der Waals surface area contributed by atoms with E-state index in [9.17, 15) is 0 Å². The van der Waals surface area contributed by atoms with Crippen LogP contribution in [-0.2, 0) is 0 Å². The molecule has 0 bridgehead atoms. The average molecular weight is 217 g/mol. The highest BCUT2D eigenvalue weighted by Gasteiger charge is 1.96. The van der Waals surface area contributed by atoms with E-state index >= 15 is 0 Å². The molecule has 1 aromatic rings. The van der Waals surface area contributed by atoms with E-state index in [1.807, 2.05) is 6.92 Å². The minimum atomic E-state index is -0.00737. The molecule has 1 aromatic carbocycles. The first-order valence-electron chi connectivity index (χ1n) is 3.28. The zero-order valence-corrected chi connectivity index (χ0v) is 7.71. The lowest BCUT2D eigenvalue weighted by Gasteiger charge is -2.06. The van der Waals surface area contributed by atoms with Gasteiger partial charge in [0.2, 0.25) is 0 Å². The maximum absolute atomic E-state index is 8.92. The fourth-order valence-corrected chi connectivity index (χ4v) is 0.928. The number of hydrogen-bond donors (Lipinski definition) is 1. The summed E-state index contributed by atoms with van der Waals surface area (Å²) in [6, 6.07) is 6.61. The van der Waals surface area contributed by atoms with Crippen LogP contribution in [0.5, 0.6) is 11.5 Å². The molecule has 0 radical (unpaired) electrons. The normalized spacial score (nSPS) is 12.5. The molecule has 0 fully saturated rings. The Labute approximate surface area is 73.9 Å². The van der Waals surface area contributed by atoms with Gasteiger partial charge in [0.05, 0.1) is 0 Å². The molecule has 0 amide bonds. The molecule has 1 N–H and O–H groups in total. The molecule has 11 heavy (non-hydrogen) atoms. The van der Waals surface area contributed by atoms with Crippen molar-refractivity contribution < 1.29 is 9.84 Å². The summed E-state index contributed by atoms with van der Waals surface area (Å²) in [6.07, 6.45) is 0. The van der Waals surface area contributed by atoms with Crippen LogP contribution in [0.25, 0.3) is 0 Å². The van der Waals surface area contributed by atoms with Crippen LogP contribution in [0.2, 0.25) is 0 Å². The van der Waals surface area contributed by atoms with Crippen LogP contribution in [-0.4, -0.2) is 10.1 Å². The first-order valence-corrected chi connectivity index (χ1v) is 4.20. The van der Waals surface area contributed by atoms with E-state index < -0.39 is 0 Å². The molecule has 0 aliphatic carbocycles. The summed E-state index contributed by atoms with van der Waals surface area (Å²) in [7, 11) is 0. The van der Waals surface area contributed by atoms with Crippen LogP contribution in [0.3, 0.4) is 0 Å². The van der Waals surface area contributed by atoms with Gasteiger partial charge in [-0.1, -0.05) is 0 Å². The Morgan fingerprint density at radius 3 is 2.36 bits per heavy atom. The summed E-state index contributed by atoms with van der Waals surface area (Å²) in [4.78, 5) is 0. The van der Waals surface area contributed by atoms with E-state index in [1.165, 1.54) is 0 Å². The largest absolute Gasteiger partial charge is 0.508 e. The Balaban J connectivity index is 2.66. The maximum Gasteiger partial charge on any atom is 0.150 e. The van der Waals surface area contributed by atoms with Gasteiger partial charge in [-0.15, -0.1) is 0 Å². The molecule has 1 atom stereocenters. The van der Waals surface area contributed by atoms with E-state index in [0.717, 1.165) is 5.75 Å². The molecule has 0 aliphatic rings. The maximum atomic E-state index is 8.92. The summed E-state index contributed by atoms with van der Waals surface area (Å²) >= 11 is 3.24. The number of aromatic hydroxyl groups is 1. The lowest BCUT2D eigenvalue weighted by Crippen LogP contribution is -2.00. The van der Waals surface area contributed by atoms with Gasteiger partial charge in [-0.05, 0) is 47.1 Å². The van der Waals surface area contributed by atoms with Crippen molar-refractivity contribution in [3.8, 4) is 11.5 Å². The summed E-state index contributed by atoms with van der Waals surface area (Å²) in [5, 5.41) is 8.92. The molecule has 1 rings (SSSR count). The highest BCUT2D eigenvalue weighted by Crippen LogP contribution is 2.18. The molecular weight excluding hydrogens is 208 g/mol. The fraction of sp³-hybridized carbons (Fsp3) is 0.250. The Kier molecular flexibility index (Phi) is 2.76. The Morgan fingerprint density at radius 2 is 1.91 bits per heavy atom. The number of ether oxygens (including phenoxy) is 1. The van der Waals surface area contributed by atoms with Gasteiger partial charge in [-0.3, -0.25) is 0 Å². The molecule has 0 aromatic heterocycles. The number of alkyl halides is 1. The van der Waals surface area contributed by atoms with Gasteiger partial charge in [0.15, 0.2) is 5.01 Å². The second-order valence-electron chi connectivity index (χ2n) is 2.15. The number of phenolic OH excluding ortho intramolecular Hbond substituents is 1. The van der Waals surface area contributed by atoms with Crippen LogP contribution < -0.4 is 4.74 Å². The molecule has 0 saturated heterocycles. The first-order chi connectivity index (χ1) is 5.18. The molecule has 0 aliphatic heterocycles. The third-order valence-electron chi connectivity index (χ3n) is 1.14. The third-order valence-corrected chi connectivity index (χ3v) is 1.32. The standard InChI is InChI=1S/C8H9BrO2/c1-6(9)11-8-4-2-7(10)3-5-8/h2-6,10H,1H3. The van der Waals surface area contributed by atoms with Crippen molar-refractivity contribution in [2.45, 2.75) is 11.9 Å². The van der Waals surface area contributed by atoms with Crippen LogP contribution in [0.15, 0.2) is 24.3 Å². The van der Waals surface area contributed by atoms with E-state index in [1.54, 1.807) is 24.3 Å². The van der Waals surface area contributed by atoms with E-state index in [0.29, 0.717) is 0 Å². The number of phenols is 1. The first kappa shape index (κ1) is 8.40.